The summed E-state index contributed by atoms with van der Waals surface area (Å²) >= 11 is 5.81. The van der Waals surface area contributed by atoms with Gasteiger partial charge in [0.1, 0.15) is 5.75 Å². The molecule has 0 bridgehead atoms. The minimum atomic E-state index is -3.78. The largest absolute Gasteiger partial charge is 0.494 e. The van der Waals surface area contributed by atoms with Crippen molar-refractivity contribution in [2.75, 3.05) is 11.9 Å². The predicted octanol–water partition coefficient (Wildman–Crippen LogP) is 3.68. The number of ether oxygens (including phenoxy) is 1. The second-order valence-electron chi connectivity index (χ2n) is 5.86. The number of sulfone groups is 1. The Kier molecular flexibility index (Phi) is 4.75. The first-order valence-corrected chi connectivity index (χ1v) is 9.80. The Morgan fingerprint density at radius 3 is 2.24 bits per heavy atom. The summed E-state index contributed by atoms with van der Waals surface area (Å²) in [4.78, 5) is 12.8. The molecule has 0 radical (unpaired) electrons. The summed E-state index contributed by atoms with van der Waals surface area (Å²) in [5.74, 6) is 0.182. The number of hydrogen-bond acceptors (Lipinski definition) is 4. The topological polar surface area (TPSA) is 72.5 Å². The fourth-order valence-corrected chi connectivity index (χ4v) is 4.62. The molecular weight excluding hydrogens is 362 g/mol. The third-order valence-corrected chi connectivity index (χ3v) is 6.95. The molecule has 3 rings (SSSR count). The van der Waals surface area contributed by atoms with Crippen LogP contribution in [0, 0.1) is 0 Å². The lowest BCUT2D eigenvalue weighted by Gasteiger charge is -2.16. The molecular formula is C18H18ClNO4S. The van der Waals surface area contributed by atoms with Gasteiger partial charge in [-0.1, -0.05) is 11.6 Å². The van der Waals surface area contributed by atoms with Crippen molar-refractivity contribution < 1.29 is 17.9 Å². The van der Waals surface area contributed by atoms with Crippen molar-refractivity contribution in [3.8, 4) is 5.75 Å². The SMILES string of the molecule is CCOc1ccc(NC(=O)C2(S(=O)(=O)c3ccc(Cl)cc3)CC2)cc1. The van der Waals surface area contributed by atoms with Gasteiger partial charge in [-0.25, -0.2) is 8.42 Å². The van der Waals surface area contributed by atoms with Crippen LogP contribution in [0.5, 0.6) is 5.75 Å². The highest BCUT2D eigenvalue weighted by atomic mass is 35.5. The van der Waals surface area contributed by atoms with Crippen LogP contribution in [0.15, 0.2) is 53.4 Å². The van der Waals surface area contributed by atoms with Crippen molar-refractivity contribution in [1.29, 1.82) is 0 Å². The van der Waals surface area contributed by atoms with Crippen molar-refractivity contribution in [3.05, 3.63) is 53.6 Å². The van der Waals surface area contributed by atoms with Crippen molar-refractivity contribution in [2.45, 2.75) is 29.4 Å². The predicted molar refractivity (Wildman–Crippen MR) is 96.8 cm³/mol. The lowest BCUT2D eigenvalue weighted by Crippen LogP contribution is -2.37. The Morgan fingerprint density at radius 1 is 1.12 bits per heavy atom. The molecule has 1 N–H and O–H groups in total. The highest BCUT2D eigenvalue weighted by molar-refractivity contribution is 7.94. The molecule has 132 valence electrons. The summed E-state index contributed by atoms with van der Waals surface area (Å²) in [5.41, 5.74) is 0.533. The fraction of sp³-hybridized carbons (Fsp3) is 0.278. The molecule has 1 saturated carbocycles. The van der Waals surface area contributed by atoms with Crippen LogP contribution in [0.25, 0.3) is 0 Å². The van der Waals surface area contributed by atoms with Crippen molar-refractivity contribution in [1.82, 2.24) is 0 Å². The van der Waals surface area contributed by atoms with Gasteiger partial charge in [0.25, 0.3) is 0 Å². The molecule has 1 aliphatic rings. The molecule has 1 amide bonds. The number of nitrogens with one attached hydrogen (secondary N) is 1. The molecule has 0 aromatic heterocycles. The van der Waals surface area contributed by atoms with E-state index in [0.717, 1.165) is 0 Å². The summed E-state index contributed by atoms with van der Waals surface area (Å²) < 4.78 is 29.7. The Hall–Kier alpha value is -2.05. The van der Waals surface area contributed by atoms with E-state index in [9.17, 15) is 13.2 Å². The quantitative estimate of drug-likeness (QED) is 0.830. The van der Waals surface area contributed by atoms with Crippen LogP contribution in [0.1, 0.15) is 19.8 Å². The number of amides is 1. The highest BCUT2D eigenvalue weighted by Gasteiger charge is 2.61. The fourth-order valence-electron chi connectivity index (χ4n) is 2.62. The lowest BCUT2D eigenvalue weighted by atomic mass is 10.3. The molecule has 5 nitrogen and oxygen atoms in total. The molecule has 0 spiro atoms. The molecule has 1 aliphatic carbocycles. The first kappa shape index (κ1) is 17.8. The average Bonchev–Trinajstić information content (AvgIpc) is 3.40. The summed E-state index contributed by atoms with van der Waals surface area (Å²) in [6.45, 7) is 2.43. The minimum Gasteiger partial charge on any atom is -0.494 e. The lowest BCUT2D eigenvalue weighted by molar-refractivity contribution is -0.116. The zero-order valence-corrected chi connectivity index (χ0v) is 15.2. The van der Waals surface area contributed by atoms with E-state index in [1.54, 1.807) is 24.3 Å². The summed E-state index contributed by atoms with van der Waals surface area (Å²) in [5, 5.41) is 3.15. The van der Waals surface area contributed by atoms with E-state index in [4.69, 9.17) is 16.3 Å². The van der Waals surface area contributed by atoms with Crippen LogP contribution < -0.4 is 10.1 Å². The molecule has 0 saturated heterocycles. The van der Waals surface area contributed by atoms with Crippen LogP contribution in [-0.2, 0) is 14.6 Å². The zero-order valence-electron chi connectivity index (χ0n) is 13.7. The summed E-state index contributed by atoms with van der Waals surface area (Å²) in [7, 11) is -3.78. The molecule has 1 fully saturated rings. The van der Waals surface area contributed by atoms with Crippen molar-refractivity contribution >= 4 is 33.0 Å². The molecule has 0 aliphatic heterocycles. The van der Waals surface area contributed by atoms with E-state index in [2.05, 4.69) is 5.32 Å². The number of hydrogen-bond donors (Lipinski definition) is 1. The van der Waals surface area contributed by atoms with Crippen LogP contribution in [0.2, 0.25) is 5.02 Å². The van der Waals surface area contributed by atoms with Gasteiger partial charge in [0.15, 0.2) is 14.6 Å². The molecule has 2 aromatic rings. The van der Waals surface area contributed by atoms with Crippen LogP contribution in [0.4, 0.5) is 5.69 Å². The maximum atomic E-state index is 12.9. The minimum absolute atomic E-state index is 0.108. The zero-order chi connectivity index (χ0) is 18.1. The standard InChI is InChI=1S/C18H18ClNO4S/c1-2-24-15-7-5-14(6-8-15)20-17(21)18(11-12-18)25(22,23)16-9-3-13(19)4-10-16/h3-10H,2,11-12H2,1H3,(H,20,21). The average molecular weight is 380 g/mol. The maximum absolute atomic E-state index is 12.9. The van der Waals surface area contributed by atoms with Gasteiger partial charge in [0.05, 0.1) is 11.5 Å². The first-order chi connectivity index (χ1) is 11.9. The molecule has 25 heavy (non-hydrogen) atoms. The second kappa shape index (κ2) is 6.69. The number of anilines is 1. The summed E-state index contributed by atoms with van der Waals surface area (Å²) in [6, 6.07) is 12.7. The molecule has 7 heteroatoms. The van der Waals surface area contributed by atoms with Crippen LogP contribution in [0.3, 0.4) is 0 Å². The van der Waals surface area contributed by atoms with E-state index < -0.39 is 20.5 Å². The van der Waals surface area contributed by atoms with E-state index >= 15 is 0 Å². The molecule has 0 heterocycles. The van der Waals surface area contributed by atoms with Gasteiger partial charge in [0.2, 0.25) is 5.91 Å². The number of carbonyl (C=O) groups excluding carboxylic acids is 1. The van der Waals surface area contributed by atoms with Gasteiger partial charge < -0.3 is 10.1 Å². The number of halogens is 1. The van der Waals surface area contributed by atoms with Crippen molar-refractivity contribution in [3.63, 3.8) is 0 Å². The normalized spacial score (nSPS) is 15.4. The highest BCUT2D eigenvalue weighted by Crippen LogP contribution is 2.47. The van der Waals surface area contributed by atoms with Gasteiger partial charge in [-0.3, -0.25) is 4.79 Å². The Bertz CT molecular complexity index is 872. The smallest absolute Gasteiger partial charge is 0.246 e. The molecule has 0 unspecified atom stereocenters. The Morgan fingerprint density at radius 2 is 1.72 bits per heavy atom. The van der Waals surface area contributed by atoms with E-state index in [-0.39, 0.29) is 4.90 Å². The van der Waals surface area contributed by atoms with Crippen molar-refractivity contribution in [2.24, 2.45) is 0 Å². The van der Waals surface area contributed by atoms with Gasteiger partial charge >= 0.3 is 0 Å². The van der Waals surface area contributed by atoms with Gasteiger partial charge in [0, 0.05) is 10.7 Å². The third-order valence-electron chi connectivity index (χ3n) is 4.18. The second-order valence-corrected chi connectivity index (χ2v) is 8.56. The van der Waals surface area contributed by atoms with Gasteiger partial charge in [-0.05, 0) is 68.3 Å². The van der Waals surface area contributed by atoms with E-state index in [1.165, 1.54) is 24.3 Å². The Labute approximate surface area is 151 Å². The van der Waals surface area contributed by atoms with Crippen LogP contribution >= 0.6 is 11.6 Å². The van der Waals surface area contributed by atoms with Gasteiger partial charge in [-0.2, -0.15) is 0 Å². The monoisotopic (exact) mass is 379 g/mol. The summed E-state index contributed by atoms with van der Waals surface area (Å²) in [6.07, 6.45) is 0.613. The molecule has 2 aromatic carbocycles. The number of rotatable bonds is 6. The van der Waals surface area contributed by atoms with Gasteiger partial charge in [-0.15, -0.1) is 0 Å². The maximum Gasteiger partial charge on any atom is 0.246 e. The number of carbonyl (C=O) groups is 1. The van der Waals surface area contributed by atoms with E-state index in [1.807, 2.05) is 6.92 Å². The number of benzene rings is 2. The van der Waals surface area contributed by atoms with Crippen LogP contribution in [-0.4, -0.2) is 25.7 Å². The third kappa shape index (κ3) is 3.37. The first-order valence-electron chi connectivity index (χ1n) is 7.93. The Balaban J connectivity index is 1.80. The molecule has 0 atom stereocenters. The van der Waals surface area contributed by atoms with E-state index in [0.29, 0.717) is 35.9 Å².